The van der Waals surface area contributed by atoms with Crippen LogP contribution in [0.15, 0.2) is 48.5 Å². The number of anilines is 2. The Bertz CT molecular complexity index is 1100. The van der Waals surface area contributed by atoms with E-state index in [2.05, 4.69) is 52.7 Å². The first-order valence-electron chi connectivity index (χ1n) is 19.7. The van der Waals surface area contributed by atoms with Crippen molar-refractivity contribution in [1.29, 1.82) is 0 Å². The molecule has 8 nitrogen and oxygen atoms in total. The lowest BCUT2D eigenvalue weighted by Crippen LogP contribution is -3.00. The summed E-state index contributed by atoms with van der Waals surface area (Å²) in [5, 5.41) is 6.06. The maximum Gasteiger partial charge on any atom is 0.279 e. The summed E-state index contributed by atoms with van der Waals surface area (Å²) in [6, 6.07) is 15.3. The molecule has 2 aromatic rings. The highest BCUT2D eigenvalue weighted by Crippen LogP contribution is 2.19. The largest absolute Gasteiger partial charge is 1.00 e. The number of nitrogens with zero attached hydrogens (tertiary/aromatic N) is 2. The Labute approximate surface area is 338 Å². The lowest BCUT2D eigenvalue weighted by Gasteiger charge is -2.34. The molecule has 0 aliphatic carbocycles. The van der Waals surface area contributed by atoms with Crippen molar-refractivity contribution in [2.45, 2.75) is 117 Å². The summed E-state index contributed by atoms with van der Waals surface area (Å²) in [5.41, 5.74) is 1.54. The molecule has 0 saturated heterocycles. The number of ether oxygens (including phenoxy) is 2. The quantitative estimate of drug-likeness (QED) is 0.0973. The maximum atomic E-state index is 12.9. The number of nitrogens with one attached hydrogen (secondary N) is 2. The number of unbranched alkanes of at least 4 members (excludes halogenated alkanes) is 14. The molecule has 0 bridgehead atoms. The third-order valence-corrected chi connectivity index (χ3v) is 9.26. The van der Waals surface area contributed by atoms with Crippen LogP contribution in [0.4, 0.5) is 11.4 Å². The van der Waals surface area contributed by atoms with Gasteiger partial charge < -0.3 is 63.0 Å². The molecule has 0 saturated carbocycles. The minimum atomic E-state index is -0.0316. The van der Waals surface area contributed by atoms with Crippen LogP contribution in [0.5, 0.6) is 11.5 Å². The number of benzene rings is 2. The van der Waals surface area contributed by atoms with Gasteiger partial charge in [-0.2, -0.15) is 0 Å². The van der Waals surface area contributed by atoms with Gasteiger partial charge in [0.25, 0.3) is 11.8 Å². The molecule has 0 atom stereocenters. The topological polar surface area (TPSA) is 76.7 Å². The highest BCUT2D eigenvalue weighted by Gasteiger charge is 2.27. The van der Waals surface area contributed by atoms with E-state index in [0.29, 0.717) is 22.1 Å². The Balaban J connectivity index is 0.0000130. The zero-order valence-electron chi connectivity index (χ0n) is 33.5. The van der Waals surface area contributed by atoms with E-state index < -0.39 is 0 Å². The first-order valence-corrected chi connectivity index (χ1v) is 19.7. The molecule has 2 N–H and O–H groups in total. The van der Waals surface area contributed by atoms with Crippen molar-refractivity contribution in [3.8, 4) is 11.5 Å². The third kappa shape index (κ3) is 25.0. The molecule has 0 radical (unpaired) electrons. The number of amides is 2. The number of carbonyl (C=O) groups is 2. The minimum Gasteiger partial charge on any atom is -1.00 e. The highest BCUT2D eigenvalue weighted by molar-refractivity contribution is 5.92. The van der Waals surface area contributed by atoms with Gasteiger partial charge in [0.1, 0.15) is 24.6 Å². The summed E-state index contributed by atoms with van der Waals surface area (Å²) < 4.78 is 12.9. The molecule has 0 aromatic heterocycles. The molecule has 0 heterocycles. The summed E-state index contributed by atoms with van der Waals surface area (Å²) in [7, 11) is 8.22. The van der Waals surface area contributed by atoms with Crippen molar-refractivity contribution >= 4 is 23.2 Å². The van der Waals surface area contributed by atoms with Crippen LogP contribution in [-0.4, -0.2) is 88.4 Å². The molecule has 2 amide bonds. The van der Waals surface area contributed by atoms with E-state index in [1.54, 1.807) is 0 Å². The number of carbonyl (C=O) groups excluding carboxylic acids is 2. The molecular formula is C42H72Br2N4O4. The van der Waals surface area contributed by atoms with E-state index in [1.165, 1.54) is 89.9 Å². The number of halogens is 2. The predicted molar refractivity (Wildman–Crippen MR) is 210 cm³/mol. The van der Waals surface area contributed by atoms with Crippen LogP contribution < -0.4 is 54.1 Å². The van der Waals surface area contributed by atoms with Crippen LogP contribution in [0.25, 0.3) is 0 Å². The van der Waals surface area contributed by atoms with Crippen molar-refractivity contribution in [3.63, 3.8) is 0 Å². The summed E-state index contributed by atoms with van der Waals surface area (Å²) in [6.07, 6.45) is 20.5. The van der Waals surface area contributed by atoms with E-state index in [4.69, 9.17) is 9.47 Å². The fourth-order valence-corrected chi connectivity index (χ4v) is 6.00. The van der Waals surface area contributed by atoms with Gasteiger partial charge in [-0.3, -0.25) is 9.59 Å². The molecular weight excluding hydrogens is 784 g/mol. The summed E-state index contributed by atoms with van der Waals surface area (Å²) >= 11 is 0. The van der Waals surface area contributed by atoms with Gasteiger partial charge in [0, 0.05) is 11.4 Å². The summed E-state index contributed by atoms with van der Waals surface area (Å²) in [6.45, 7) is 8.15. The van der Waals surface area contributed by atoms with Crippen LogP contribution in [0.3, 0.4) is 0 Å². The van der Waals surface area contributed by atoms with Crippen LogP contribution in [0.1, 0.15) is 117 Å². The van der Waals surface area contributed by atoms with E-state index in [0.717, 1.165) is 62.0 Å². The van der Waals surface area contributed by atoms with Gasteiger partial charge in [-0.05, 0) is 61.4 Å². The van der Waals surface area contributed by atoms with Gasteiger partial charge in [-0.25, -0.2) is 0 Å². The van der Waals surface area contributed by atoms with E-state index in [9.17, 15) is 9.59 Å². The zero-order valence-corrected chi connectivity index (χ0v) is 36.6. The van der Waals surface area contributed by atoms with Crippen molar-refractivity contribution < 1.29 is 62.0 Å². The molecule has 10 heteroatoms. The summed E-state index contributed by atoms with van der Waals surface area (Å²) in [4.78, 5) is 25.8. The molecule has 0 aliphatic rings. The number of likely N-dealkylation sites (N-methyl/N-ethyl adjacent to an activating group) is 2. The lowest BCUT2D eigenvalue weighted by atomic mass is 10.1. The first-order chi connectivity index (χ1) is 24.0. The Kier molecular flexibility index (Phi) is 28.0. The Morgan fingerprint density at radius 1 is 0.481 bits per heavy atom. The second-order valence-electron chi connectivity index (χ2n) is 15.4. The van der Waals surface area contributed by atoms with Crippen molar-refractivity contribution in [2.24, 2.45) is 0 Å². The minimum absolute atomic E-state index is 0. The number of quaternary nitrogens is 2. The average molecular weight is 857 g/mol. The monoisotopic (exact) mass is 854 g/mol. The fourth-order valence-electron chi connectivity index (χ4n) is 6.00. The molecule has 0 aliphatic heterocycles. The Hall–Kier alpha value is -2.14. The second-order valence-corrected chi connectivity index (χ2v) is 15.4. The third-order valence-electron chi connectivity index (χ3n) is 9.26. The van der Waals surface area contributed by atoms with Gasteiger partial charge in [-0.1, -0.05) is 104 Å². The van der Waals surface area contributed by atoms with E-state index in [1.807, 2.05) is 48.5 Å². The predicted octanol–water partition coefficient (Wildman–Crippen LogP) is 3.46. The van der Waals surface area contributed by atoms with Gasteiger partial charge in [0.05, 0.1) is 41.4 Å². The normalized spacial score (nSPS) is 11.3. The van der Waals surface area contributed by atoms with E-state index >= 15 is 0 Å². The highest BCUT2D eigenvalue weighted by atomic mass is 79.9. The molecule has 2 rings (SSSR count). The van der Waals surface area contributed by atoms with Gasteiger partial charge >= 0.3 is 0 Å². The number of hydrogen-bond donors (Lipinski definition) is 2. The van der Waals surface area contributed by atoms with Crippen LogP contribution in [0, 0.1) is 0 Å². The molecule has 298 valence electrons. The number of rotatable bonds is 29. The van der Waals surface area contributed by atoms with Crippen LogP contribution in [-0.2, 0) is 9.59 Å². The second kappa shape index (κ2) is 29.2. The van der Waals surface area contributed by atoms with Crippen molar-refractivity contribution in [2.75, 3.05) is 78.2 Å². The lowest BCUT2D eigenvalue weighted by molar-refractivity contribution is -0.938. The summed E-state index contributed by atoms with van der Waals surface area (Å²) in [5.74, 6) is 1.61. The zero-order chi connectivity index (χ0) is 36.5. The standard InChI is InChI=1S/C42H70N4O4.2BrH/c1-7-9-11-13-15-17-19-21-33-49-39-27-23-37(24-28-39)43-41(47)35-45(3,4)31-32-46(5,6)36-42(48)44-38-25-29-40(30-26-38)50-34-22-20-18-16-14-12-10-8-2;;/h23-30H,7-22,31-36H2,1-6H3;2*1H. The molecule has 52 heavy (non-hydrogen) atoms. The fraction of sp³-hybridized carbons (Fsp3) is 0.667. The average Bonchev–Trinajstić information content (AvgIpc) is 3.07. The number of hydrogen-bond acceptors (Lipinski definition) is 4. The van der Waals surface area contributed by atoms with Crippen molar-refractivity contribution in [3.05, 3.63) is 48.5 Å². The van der Waals surface area contributed by atoms with Gasteiger partial charge in [0.15, 0.2) is 13.1 Å². The van der Waals surface area contributed by atoms with Crippen LogP contribution >= 0.6 is 0 Å². The van der Waals surface area contributed by atoms with Gasteiger partial charge in [0.2, 0.25) is 0 Å². The Morgan fingerprint density at radius 2 is 0.769 bits per heavy atom. The molecule has 0 unspecified atom stereocenters. The van der Waals surface area contributed by atoms with Gasteiger partial charge in [-0.15, -0.1) is 0 Å². The smallest absolute Gasteiger partial charge is 0.279 e. The van der Waals surface area contributed by atoms with Crippen molar-refractivity contribution in [1.82, 2.24) is 0 Å². The first kappa shape index (κ1) is 49.9. The van der Waals surface area contributed by atoms with Crippen LogP contribution in [0.2, 0.25) is 0 Å². The molecule has 0 fully saturated rings. The maximum absolute atomic E-state index is 12.9. The SMILES string of the molecule is CCCCCCCCCCOc1ccc(NC(=O)C[N+](C)(C)CC[N+](C)(C)CC(=O)Nc2ccc(OCCCCCCCCCC)cc2)cc1.[Br-].[Br-]. The Morgan fingerprint density at radius 3 is 1.08 bits per heavy atom. The molecule has 2 aromatic carbocycles. The molecule has 0 spiro atoms. The van der Waals surface area contributed by atoms with E-state index in [-0.39, 0.29) is 45.8 Å².